The van der Waals surface area contributed by atoms with E-state index in [-0.39, 0.29) is 17.9 Å². The predicted octanol–water partition coefficient (Wildman–Crippen LogP) is 2.09. The van der Waals surface area contributed by atoms with Crippen LogP contribution in [-0.2, 0) is 16.1 Å². The van der Waals surface area contributed by atoms with E-state index in [4.69, 9.17) is 15.9 Å². The summed E-state index contributed by atoms with van der Waals surface area (Å²) < 4.78 is 5.33. The topological polar surface area (TPSA) is 121 Å². The summed E-state index contributed by atoms with van der Waals surface area (Å²) in [4.78, 5) is 25.9. The van der Waals surface area contributed by atoms with Crippen molar-refractivity contribution in [1.29, 1.82) is 5.41 Å². The maximum absolute atomic E-state index is 12.2. The minimum Gasteiger partial charge on any atom is -0.445 e. The molecule has 1 rings (SSSR count). The largest absolute Gasteiger partial charge is 0.445 e. The van der Waals surface area contributed by atoms with E-state index in [0.717, 1.165) is 5.56 Å². The zero-order valence-electron chi connectivity index (χ0n) is 18.0. The number of hydrogen-bond donors (Lipinski definition) is 4. The van der Waals surface area contributed by atoms with Gasteiger partial charge in [0.15, 0.2) is 0 Å². The van der Waals surface area contributed by atoms with Crippen LogP contribution in [0.4, 0.5) is 4.79 Å². The van der Waals surface area contributed by atoms with E-state index in [1.165, 1.54) is 4.90 Å². The van der Waals surface area contributed by atoms with Crippen LogP contribution in [0, 0.1) is 10.8 Å². The molecular formula is C21H35N5O3. The van der Waals surface area contributed by atoms with Crippen LogP contribution < -0.4 is 16.4 Å². The Morgan fingerprint density at radius 2 is 1.90 bits per heavy atom. The number of carbonyl (C=O) groups is 2. The first-order valence-corrected chi connectivity index (χ1v) is 9.85. The predicted molar refractivity (Wildman–Crippen MR) is 115 cm³/mol. The summed E-state index contributed by atoms with van der Waals surface area (Å²) in [6.07, 6.45) is 0.849. The van der Waals surface area contributed by atoms with Crippen molar-refractivity contribution in [2.24, 2.45) is 11.1 Å². The van der Waals surface area contributed by atoms with Gasteiger partial charge in [-0.15, -0.1) is 0 Å². The molecule has 0 bridgehead atoms. The molecule has 0 unspecified atom stereocenters. The zero-order valence-corrected chi connectivity index (χ0v) is 18.0. The summed E-state index contributed by atoms with van der Waals surface area (Å²) in [7, 11) is 1.68. The first-order valence-electron chi connectivity index (χ1n) is 9.85. The second kappa shape index (κ2) is 12.1. The van der Waals surface area contributed by atoms with Crippen molar-refractivity contribution in [3.05, 3.63) is 35.9 Å². The molecule has 0 fully saturated rings. The number of hydrogen-bond acceptors (Lipinski definition) is 5. The molecule has 8 nitrogen and oxygen atoms in total. The third kappa shape index (κ3) is 10.5. The number of nitrogens with one attached hydrogen (secondary N) is 3. The number of nitrogens with zero attached hydrogens (tertiary/aromatic N) is 1. The standard InChI is InChI=1S/C21H35N5O3/c1-16(22)24-12-8-11-18(23)19(27)25-14-21(2,3)15-26(4)20(28)29-13-17-9-6-5-7-10-17/h5-7,9-10,18H,8,11-15,23H2,1-4H3,(H2,22,24)(H,25,27)/t18-/m0/s1. The van der Waals surface area contributed by atoms with E-state index in [9.17, 15) is 9.59 Å². The quantitative estimate of drug-likeness (QED) is 0.255. The number of benzene rings is 1. The molecule has 0 radical (unpaired) electrons. The molecule has 1 aromatic rings. The number of ether oxygens (including phenoxy) is 1. The highest BCUT2D eigenvalue weighted by atomic mass is 16.6. The van der Waals surface area contributed by atoms with Crippen LogP contribution in [-0.4, -0.2) is 55.5 Å². The molecule has 2 amide bonds. The van der Waals surface area contributed by atoms with Gasteiger partial charge in [-0.05, 0) is 30.7 Å². The summed E-state index contributed by atoms with van der Waals surface area (Å²) >= 11 is 0. The van der Waals surface area contributed by atoms with Gasteiger partial charge in [-0.25, -0.2) is 4.79 Å². The van der Waals surface area contributed by atoms with Crippen molar-refractivity contribution >= 4 is 17.8 Å². The highest BCUT2D eigenvalue weighted by molar-refractivity contribution is 5.81. The Hall–Kier alpha value is -2.61. The van der Waals surface area contributed by atoms with Gasteiger partial charge in [-0.3, -0.25) is 10.2 Å². The molecule has 0 heterocycles. The molecular weight excluding hydrogens is 370 g/mol. The molecule has 1 atom stereocenters. The van der Waals surface area contributed by atoms with Gasteiger partial charge in [0.25, 0.3) is 0 Å². The van der Waals surface area contributed by atoms with Crippen molar-refractivity contribution in [3.63, 3.8) is 0 Å². The molecule has 5 N–H and O–H groups in total. The van der Waals surface area contributed by atoms with E-state index in [1.807, 2.05) is 44.2 Å². The fourth-order valence-corrected chi connectivity index (χ4v) is 2.78. The summed E-state index contributed by atoms with van der Waals surface area (Å²) in [6.45, 7) is 7.28. The van der Waals surface area contributed by atoms with Gasteiger partial charge in [0.1, 0.15) is 6.61 Å². The maximum Gasteiger partial charge on any atom is 0.409 e. The Balaban J connectivity index is 2.34. The van der Waals surface area contributed by atoms with Gasteiger partial charge in [0.2, 0.25) is 5.91 Å². The van der Waals surface area contributed by atoms with Crippen LogP contribution in [0.5, 0.6) is 0 Å². The molecule has 162 valence electrons. The van der Waals surface area contributed by atoms with Crippen LogP contribution in [0.15, 0.2) is 30.3 Å². The summed E-state index contributed by atoms with van der Waals surface area (Å²) in [5.74, 6) is 0.190. The second-order valence-electron chi connectivity index (χ2n) is 8.08. The highest BCUT2D eigenvalue weighted by Gasteiger charge is 2.25. The molecule has 8 heteroatoms. The van der Waals surface area contributed by atoms with Gasteiger partial charge in [0, 0.05) is 26.7 Å². The fraction of sp³-hybridized carbons (Fsp3) is 0.571. The Kier molecular flexibility index (Phi) is 10.2. The Labute approximate surface area is 173 Å². The lowest BCUT2D eigenvalue weighted by atomic mass is 9.92. The molecule has 0 aliphatic rings. The van der Waals surface area contributed by atoms with E-state index in [2.05, 4.69) is 10.6 Å². The van der Waals surface area contributed by atoms with Crippen molar-refractivity contribution < 1.29 is 14.3 Å². The number of nitrogens with two attached hydrogens (primary N) is 1. The molecule has 0 aliphatic carbocycles. The monoisotopic (exact) mass is 405 g/mol. The first-order chi connectivity index (χ1) is 13.6. The molecule has 29 heavy (non-hydrogen) atoms. The number of carbonyl (C=O) groups excluding carboxylic acids is 2. The number of amidine groups is 1. The average Bonchev–Trinajstić information content (AvgIpc) is 2.67. The maximum atomic E-state index is 12.2. The van der Waals surface area contributed by atoms with E-state index in [1.54, 1.807) is 14.0 Å². The Morgan fingerprint density at radius 3 is 2.52 bits per heavy atom. The van der Waals surface area contributed by atoms with Gasteiger partial charge in [-0.2, -0.15) is 0 Å². The zero-order chi connectivity index (χ0) is 21.9. The SMILES string of the molecule is CC(=N)NCCC[C@H](N)C(=O)NCC(C)(C)CN(C)C(=O)OCc1ccccc1. The number of amides is 2. The minimum atomic E-state index is -0.591. The summed E-state index contributed by atoms with van der Waals surface area (Å²) in [5, 5.41) is 13.1. The van der Waals surface area contributed by atoms with Crippen molar-refractivity contribution in [3.8, 4) is 0 Å². The van der Waals surface area contributed by atoms with E-state index < -0.39 is 12.1 Å². The molecule has 0 aromatic heterocycles. The lowest BCUT2D eigenvalue weighted by Gasteiger charge is -2.30. The molecule has 1 aromatic carbocycles. The Morgan fingerprint density at radius 1 is 1.24 bits per heavy atom. The van der Waals surface area contributed by atoms with Crippen LogP contribution in [0.3, 0.4) is 0 Å². The van der Waals surface area contributed by atoms with Crippen molar-refractivity contribution in [1.82, 2.24) is 15.5 Å². The number of rotatable bonds is 11. The smallest absolute Gasteiger partial charge is 0.409 e. The Bertz CT molecular complexity index is 664. The average molecular weight is 406 g/mol. The highest BCUT2D eigenvalue weighted by Crippen LogP contribution is 2.16. The summed E-state index contributed by atoms with van der Waals surface area (Å²) in [6, 6.07) is 8.92. The van der Waals surface area contributed by atoms with Crippen molar-refractivity contribution in [2.75, 3.05) is 26.7 Å². The molecule has 0 spiro atoms. The fourth-order valence-electron chi connectivity index (χ4n) is 2.78. The van der Waals surface area contributed by atoms with Crippen LogP contribution in [0.1, 0.15) is 39.2 Å². The second-order valence-corrected chi connectivity index (χ2v) is 8.08. The van der Waals surface area contributed by atoms with Crippen molar-refractivity contribution in [2.45, 2.75) is 46.3 Å². The van der Waals surface area contributed by atoms with Gasteiger partial charge in [0.05, 0.1) is 11.9 Å². The third-order valence-electron chi connectivity index (χ3n) is 4.34. The lowest BCUT2D eigenvalue weighted by molar-refractivity contribution is -0.123. The first kappa shape index (κ1) is 24.4. The van der Waals surface area contributed by atoms with Crippen LogP contribution in [0.2, 0.25) is 0 Å². The van der Waals surface area contributed by atoms with Gasteiger partial charge in [-0.1, -0.05) is 44.2 Å². The molecule has 0 saturated heterocycles. The summed E-state index contributed by atoms with van der Waals surface area (Å²) in [5.41, 5.74) is 6.52. The van der Waals surface area contributed by atoms with Gasteiger partial charge < -0.3 is 26.0 Å². The molecule has 0 saturated carbocycles. The van der Waals surface area contributed by atoms with E-state index in [0.29, 0.717) is 38.3 Å². The van der Waals surface area contributed by atoms with Gasteiger partial charge >= 0.3 is 6.09 Å². The van der Waals surface area contributed by atoms with Crippen LogP contribution >= 0.6 is 0 Å². The van der Waals surface area contributed by atoms with E-state index >= 15 is 0 Å². The molecule has 0 aliphatic heterocycles. The third-order valence-corrected chi connectivity index (χ3v) is 4.34. The normalized spacial score (nSPS) is 12.0. The lowest BCUT2D eigenvalue weighted by Crippen LogP contribution is -2.47. The van der Waals surface area contributed by atoms with Crippen LogP contribution in [0.25, 0.3) is 0 Å². The minimum absolute atomic E-state index is 0.209.